The highest BCUT2D eigenvalue weighted by Crippen LogP contribution is 2.32. The zero-order valence-electron chi connectivity index (χ0n) is 16.3. The Morgan fingerprint density at radius 3 is 2.50 bits per heavy atom. The zero-order chi connectivity index (χ0) is 22.6. The Labute approximate surface area is 171 Å². The van der Waals surface area contributed by atoms with E-state index in [0.29, 0.717) is 0 Å². The molecular weight excluding hydrogens is 408 g/mol. The fourth-order valence-electron chi connectivity index (χ4n) is 3.42. The molecular formula is C17H28N2O11. The number of aliphatic imine (C=N–C) groups is 1. The van der Waals surface area contributed by atoms with Crippen molar-refractivity contribution in [2.75, 3.05) is 26.9 Å². The molecule has 1 saturated heterocycles. The predicted octanol–water partition coefficient (Wildman–Crippen LogP) is -3.97. The van der Waals surface area contributed by atoms with Crippen molar-refractivity contribution in [1.29, 1.82) is 0 Å². The summed E-state index contributed by atoms with van der Waals surface area (Å²) >= 11 is 0. The smallest absolute Gasteiger partial charge is 0.330 e. The molecule has 0 radical (unpaired) electrons. The second-order valence-corrected chi connectivity index (χ2v) is 7.25. The number of nitrogens with two attached hydrogens (primary N) is 1. The van der Waals surface area contributed by atoms with Crippen LogP contribution in [0.25, 0.3) is 0 Å². The van der Waals surface area contributed by atoms with E-state index in [1.54, 1.807) is 0 Å². The molecule has 1 aliphatic carbocycles. The number of aliphatic hydroxyl groups excluding tert-OH is 5. The molecule has 13 heteroatoms. The van der Waals surface area contributed by atoms with Crippen LogP contribution in [0.5, 0.6) is 0 Å². The van der Waals surface area contributed by atoms with Crippen LogP contribution in [0.15, 0.2) is 16.4 Å². The molecule has 7 atom stereocenters. The van der Waals surface area contributed by atoms with E-state index < -0.39 is 68.1 Å². The fourth-order valence-corrected chi connectivity index (χ4v) is 3.42. The molecule has 1 aliphatic heterocycles. The van der Waals surface area contributed by atoms with E-state index in [-0.39, 0.29) is 30.0 Å². The van der Waals surface area contributed by atoms with Gasteiger partial charge in [-0.2, -0.15) is 0 Å². The number of hydrogen-bond acceptors (Lipinski definition) is 12. The summed E-state index contributed by atoms with van der Waals surface area (Å²) < 4.78 is 15.7. The van der Waals surface area contributed by atoms with E-state index in [1.165, 1.54) is 7.11 Å². The molecule has 0 bridgehead atoms. The molecule has 0 saturated carbocycles. The molecule has 0 amide bonds. The lowest BCUT2D eigenvalue weighted by atomic mass is 9.85. The first-order chi connectivity index (χ1) is 14.1. The molecule has 0 spiro atoms. The predicted molar refractivity (Wildman–Crippen MR) is 98.1 cm³/mol. The van der Waals surface area contributed by atoms with Crippen molar-refractivity contribution in [3.63, 3.8) is 0 Å². The van der Waals surface area contributed by atoms with Gasteiger partial charge in [-0.05, 0) is 0 Å². The van der Waals surface area contributed by atoms with Crippen molar-refractivity contribution in [2.45, 2.75) is 55.2 Å². The summed E-state index contributed by atoms with van der Waals surface area (Å²) in [5.74, 6) is -1.31. The van der Waals surface area contributed by atoms with Crippen LogP contribution in [0.1, 0.15) is 12.8 Å². The van der Waals surface area contributed by atoms with E-state index in [9.17, 15) is 35.4 Å². The Balaban J connectivity index is 2.22. The average Bonchev–Trinajstić information content (AvgIpc) is 2.68. The van der Waals surface area contributed by atoms with E-state index >= 15 is 0 Å². The van der Waals surface area contributed by atoms with Gasteiger partial charge in [-0.15, -0.1) is 0 Å². The Hall–Kier alpha value is -1.84. The first-order valence-corrected chi connectivity index (χ1v) is 9.14. The lowest BCUT2D eigenvalue weighted by Crippen LogP contribution is -2.60. The summed E-state index contributed by atoms with van der Waals surface area (Å²) in [7, 11) is 1.29. The summed E-state index contributed by atoms with van der Waals surface area (Å²) in [6, 6.07) is -1.50. The number of aliphatic hydroxyl groups is 6. The molecule has 30 heavy (non-hydrogen) atoms. The number of nitrogens with zero attached hydrogens (tertiary/aromatic N) is 1. The molecule has 6 unspecified atom stereocenters. The van der Waals surface area contributed by atoms with Gasteiger partial charge in [-0.1, -0.05) is 0 Å². The molecule has 172 valence electrons. The Morgan fingerprint density at radius 1 is 1.30 bits per heavy atom. The van der Waals surface area contributed by atoms with E-state index in [2.05, 4.69) is 4.99 Å². The number of methoxy groups -OCH3 is 1. The third-order valence-electron chi connectivity index (χ3n) is 4.93. The van der Waals surface area contributed by atoms with Gasteiger partial charge in [0, 0.05) is 12.8 Å². The van der Waals surface area contributed by atoms with E-state index in [0.717, 1.165) is 0 Å². The molecule has 0 aromatic rings. The van der Waals surface area contributed by atoms with Gasteiger partial charge in [0.25, 0.3) is 0 Å². The average molecular weight is 436 g/mol. The van der Waals surface area contributed by atoms with Crippen LogP contribution < -0.4 is 5.73 Å². The fraction of sp³-hybridized carbons (Fsp3) is 0.765. The number of carboxylic acids is 1. The summed E-state index contributed by atoms with van der Waals surface area (Å²) in [5, 5.41) is 68.1. The topological polar surface area (TPSA) is 225 Å². The molecule has 0 aromatic heterocycles. The molecule has 13 nitrogen and oxygen atoms in total. The van der Waals surface area contributed by atoms with Crippen LogP contribution in [0.4, 0.5) is 0 Å². The molecule has 9 N–H and O–H groups in total. The number of carboxylic acid groups (broad SMARTS) is 1. The van der Waals surface area contributed by atoms with Crippen LogP contribution in [0.2, 0.25) is 0 Å². The summed E-state index contributed by atoms with van der Waals surface area (Å²) in [6.45, 7) is -1.89. The van der Waals surface area contributed by atoms with Crippen molar-refractivity contribution < 1.29 is 54.8 Å². The Kier molecular flexibility index (Phi) is 8.13. The monoisotopic (exact) mass is 436 g/mol. The summed E-state index contributed by atoms with van der Waals surface area (Å²) in [5.41, 5.74) is 4.30. The number of hydrogen-bond donors (Lipinski definition) is 8. The third-order valence-corrected chi connectivity index (χ3v) is 4.93. The summed E-state index contributed by atoms with van der Waals surface area (Å²) in [4.78, 5) is 15.1. The lowest BCUT2D eigenvalue weighted by Gasteiger charge is -2.42. The van der Waals surface area contributed by atoms with Crippen LogP contribution in [-0.4, -0.2) is 117 Å². The Bertz CT molecular complexity index is 683. The lowest BCUT2D eigenvalue weighted by molar-refractivity contribution is -0.298. The van der Waals surface area contributed by atoms with Crippen LogP contribution in [-0.2, 0) is 19.0 Å². The summed E-state index contributed by atoms with van der Waals surface area (Å²) in [6.07, 6.45) is -7.88. The van der Waals surface area contributed by atoms with Gasteiger partial charge < -0.3 is 55.7 Å². The first kappa shape index (κ1) is 24.4. The van der Waals surface area contributed by atoms with Gasteiger partial charge in [0.15, 0.2) is 18.1 Å². The highest BCUT2D eigenvalue weighted by molar-refractivity contribution is 6.01. The standard InChI is InChI=1S/C17H28N2O11/c1-28-13-7(18)2-17(27,3-8(13)19-9(4-20)15(24)25)6-29-14-10(5-21)30-16(26)12(23)11(14)22/h9-12,14,16,20-23,26-27H,2-6,18H2,1H3,(H,24,25)/t9?,10?,11?,12?,14?,16?,17-/m1/s1. The van der Waals surface area contributed by atoms with Gasteiger partial charge >= 0.3 is 5.97 Å². The van der Waals surface area contributed by atoms with Crippen LogP contribution >= 0.6 is 0 Å². The Morgan fingerprint density at radius 2 is 1.97 bits per heavy atom. The molecule has 1 heterocycles. The maximum Gasteiger partial charge on any atom is 0.330 e. The van der Waals surface area contributed by atoms with Crippen molar-refractivity contribution in [1.82, 2.24) is 0 Å². The molecule has 2 rings (SSSR count). The number of aliphatic carboxylic acids is 1. The maximum absolute atomic E-state index is 11.2. The number of carbonyl (C=O) groups is 1. The van der Waals surface area contributed by atoms with Crippen molar-refractivity contribution in [3.05, 3.63) is 11.5 Å². The van der Waals surface area contributed by atoms with Crippen LogP contribution in [0, 0.1) is 0 Å². The largest absolute Gasteiger partial charge is 0.493 e. The SMILES string of the molecule is COC1=C(N)C[C@](O)(COC2C(CO)OC(O)C(O)C2O)CC1=NC(CO)C(=O)O. The normalized spacial score (nSPS) is 37.3. The quantitative estimate of drug-likeness (QED) is 0.182. The molecule has 1 fully saturated rings. The number of rotatable bonds is 8. The van der Waals surface area contributed by atoms with Gasteiger partial charge in [-0.25, -0.2) is 4.79 Å². The highest BCUT2D eigenvalue weighted by atomic mass is 16.7. The third kappa shape index (κ3) is 5.25. The number of allylic oxidation sites excluding steroid dienone is 1. The van der Waals surface area contributed by atoms with Gasteiger partial charge in [0.2, 0.25) is 0 Å². The maximum atomic E-state index is 11.2. The van der Waals surface area contributed by atoms with Crippen LogP contribution in [0.3, 0.4) is 0 Å². The van der Waals surface area contributed by atoms with Gasteiger partial charge in [0.1, 0.15) is 24.4 Å². The second-order valence-electron chi connectivity index (χ2n) is 7.25. The number of ether oxygens (including phenoxy) is 3. The second kappa shape index (κ2) is 9.98. The van der Waals surface area contributed by atoms with Gasteiger partial charge in [0.05, 0.1) is 43.9 Å². The first-order valence-electron chi connectivity index (χ1n) is 9.14. The van der Waals surface area contributed by atoms with Gasteiger partial charge in [-0.3, -0.25) is 4.99 Å². The van der Waals surface area contributed by atoms with Crippen molar-refractivity contribution >= 4 is 11.7 Å². The highest BCUT2D eigenvalue weighted by Gasteiger charge is 2.46. The minimum atomic E-state index is -1.72. The van der Waals surface area contributed by atoms with E-state index in [1.807, 2.05) is 0 Å². The molecule has 0 aromatic carbocycles. The molecule has 2 aliphatic rings. The zero-order valence-corrected chi connectivity index (χ0v) is 16.3. The minimum Gasteiger partial charge on any atom is -0.493 e. The van der Waals surface area contributed by atoms with Crippen molar-refractivity contribution in [3.8, 4) is 0 Å². The minimum absolute atomic E-state index is 0.00316. The van der Waals surface area contributed by atoms with Crippen molar-refractivity contribution in [2.24, 2.45) is 10.7 Å². The van der Waals surface area contributed by atoms with E-state index in [4.69, 9.17) is 25.1 Å².